The van der Waals surface area contributed by atoms with Gasteiger partial charge in [-0.05, 0) is 32.2 Å². The van der Waals surface area contributed by atoms with Crippen molar-refractivity contribution in [2.75, 3.05) is 19.7 Å². The van der Waals surface area contributed by atoms with Gasteiger partial charge in [0, 0.05) is 19.0 Å². The predicted molar refractivity (Wildman–Crippen MR) is 53.8 cm³/mol. The van der Waals surface area contributed by atoms with Crippen LogP contribution in [0.4, 0.5) is 0 Å². The molecule has 0 N–H and O–H groups in total. The molecule has 1 saturated carbocycles. The summed E-state index contributed by atoms with van der Waals surface area (Å²) in [5.41, 5.74) is 0. The van der Waals surface area contributed by atoms with Gasteiger partial charge in [0.1, 0.15) is 0 Å². The van der Waals surface area contributed by atoms with Crippen molar-refractivity contribution in [1.29, 1.82) is 5.26 Å². The number of morpholine rings is 1. The van der Waals surface area contributed by atoms with Gasteiger partial charge in [0.2, 0.25) is 0 Å². The molecule has 1 saturated heterocycles. The van der Waals surface area contributed by atoms with Gasteiger partial charge in [-0.2, -0.15) is 5.26 Å². The summed E-state index contributed by atoms with van der Waals surface area (Å²) in [7, 11) is 0. The third kappa shape index (κ3) is 2.08. The molecule has 1 heterocycles. The molecule has 3 nitrogen and oxygen atoms in total. The zero-order valence-electron chi connectivity index (χ0n) is 8.61. The molecule has 2 rings (SSSR count). The first-order chi connectivity index (χ1) is 6.92. The molecule has 14 heavy (non-hydrogen) atoms. The fraction of sp³-hybridized carbons (Fsp3) is 0.909. The van der Waals surface area contributed by atoms with E-state index < -0.39 is 0 Å². The van der Waals surface area contributed by atoms with Crippen LogP contribution in [0.25, 0.3) is 0 Å². The first-order valence-corrected chi connectivity index (χ1v) is 5.64. The van der Waals surface area contributed by atoms with E-state index in [-0.39, 0.29) is 0 Å². The van der Waals surface area contributed by atoms with E-state index in [1.165, 1.54) is 19.3 Å². The van der Waals surface area contributed by atoms with E-state index in [4.69, 9.17) is 10.00 Å². The fourth-order valence-electron chi connectivity index (χ4n) is 2.64. The largest absolute Gasteiger partial charge is 0.375 e. The van der Waals surface area contributed by atoms with Crippen molar-refractivity contribution < 1.29 is 4.74 Å². The summed E-state index contributed by atoms with van der Waals surface area (Å²) in [5.74, 6) is 0. The monoisotopic (exact) mass is 194 g/mol. The highest BCUT2D eigenvalue weighted by Gasteiger charge is 2.35. The van der Waals surface area contributed by atoms with Gasteiger partial charge in [-0.1, -0.05) is 0 Å². The Labute approximate surface area is 85.6 Å². The smallest absolute Gasteiger partial charge is 0.0730 e. The first-order valence-electron chi connectivity index (χ1n) is 5.64. The van der Waals surface area contributed by atoms with Crippen LogP contribution < -0.4 is 0 Å². The van der Waals surface area contributed by atoms with Gasteiger partial charge in [-0.25, -0.2) is 0 Å². The minimum absolute atomic E-state index is 0.492. The minimum Gasteiger partial charge on any atom is -0.375 e. The van der Waals surface area contributed by atoms with E-state index >= 15 is 0 Å². The third-order valence-electron chi connectivity index (χ3n) is 3.33. The van der Waals surface area contributed by atoms with Gasteiger partial charge in [0.25, 0.3) is 0 Å². The zero-order chi connectivity index (χ0) is 9.80. The molecule has 0 bridgehead atoms. The van der Waals surface area contributed by atoms with E-state index in [0.29, 0.717) is 18.6 Å². The zero-order valence-corrected chi connectivity index (χ0v) is 8.61. The molecular formula is C11H18N2O. The molecule has 78 valence electrons. The van der Waals surface area contributed by atoms with E-state index in [9.17, 15) is 0 Å². The van der Waals surface area contributed by atoms with Crippen molar-refractivity contribution in [3.63, 3.8) is 0 Å². The molecule has 2 atom stereocenters. The molecule has 2 aliphatic rings. The summed E-state index contributed by atoms with van der Waals surface area (Å²) in [6.07, 6.45) is 6.03. The molecule has 0 aromatic carbocycles. The molecule has 0 amide bonds. The number of hydrogen-bond acceptors (Lipinski definition) is 3. The van der Waals surface area contributed by atoms with E-state index in [1.807, 2.05) is 0 Å². The summed E-state index contributed by atoms with van der Waals surface area (Å²) in [6.45, 7) is 3.03. The molecule has 3 heteroatoms. The summed E-state index contributed by atoms with van der Waals surface area (Å²) in [4.78, 5) is 2.53. The van der Waals surface area contributed by atoms with Crippen molar-refractivity contribution in [2.24, 2.45) is 0 Å². The molecular weight excluding hydrogens is 176 g/mol. The summed E-state index contributed by atoms with van der Waals surface area (Å²) in [5, 5.41) is 8.49. The quantitative estimate of drug-likeness (QED) is 0.639. The Bertz CT molecular complexity index is 224. The maximum Gasteiger partial charge on any atom is 0.0730 e. The summed E-state index contributed by atoms with van der Waals surface area (Å²) < 4.78 is 5.73. The van der Waals surface area contributed by atoms with Gasteiger partial charge in [0.05, 0.1) is 18.8 Å². The maximum atomic E-state index is 8.49. The lowest BCUT2D eigenvalue weighted by Crippen LogP contribution is -2.48. The molecule has 0 aromatic heterocycles. The van der Waals surface area contributed by atoms with Crippen molar-refractivity contribution in [1.82, 2.24) is 4.90 Å². The van der Waals surface area contributed by atoms with Gasteiger partial charge in [-0.15, -0.1) is 0 Å². The van der Waals surface area contributed by atoms with Crippen LogP contribution >= 0.6 is 0 Å². The predicted octanol–water partition coefficient (Wildman–Crippen LogP) is 1.54. The highest BCUT2D eigenvalue weighted by atomic mass is 16.5. The van der Waals surface area contributed by atoms with E-state index in [1.54, 1.807) is 0 Å². The topological polar surface area (TPSA) is 36.3 Å². The van der Waals surface area contributed by atoms with Crippen molar-refractivity contribution in [2.45, 2.75) is 44.2 Å². The fourth-order valence-corrected chi connectivity index (χ4v) is 2.64. The minimum atomic E-state index is 0.492. The second kappa shape index (κ2) is 4.77. The standard InChI is InChI=1S/C11H18N2O/c12-6-1-2-7-13-8-9-14-11-5-3-4-10(11)13/h10-11H,1-5,7-9H2. The Morgan fingerprint density at radius 3 is 3.21 bits per heavy atom. The number of fused-ring (bicyclic) bond motifs is 1. The molecule has 0 radical (unpaired) electrons. The Morgan fingerprint density at radius 1 is 1.43 bits per heavy atom. The van der Waals surface area contributed by atoms with Crippen molar-refractivity contribution >= 4 is 0 Å². The molecule has 0 aromatic rings. The number of rotatable bonds is 3. The number of ether oxygens (including phenoxy) is 1. The molecule has 2 fully saturated rings. The highest BCUT2D eigenvalue weighted by molar-refractivity contribution is 4.89. The average Bonchev–Trinajstić information content (AvgIpc) is 2.67. The number of nitrogens with zero attached hydrogens (tertiary/aromatic N) is 2. The van der Waals surface area contributed by atoms with Gasteiger partial charge in [0.15, 0.2) is 0 Å². The third-order valence-corrected chi connectivity index (χ3v) is 3.33. The molecule has 0 spiro atoms. The number of hydrogen-bond donors (Lipinski definition) is 0. The van der Waals surface area contributed by atoms with Crippen LogP contribution in [-0.4, -0.2) is 36.7 Å². The lowest BCUT2D eigenvalue weighted by atomic mass is 10.1. The van der Waals surface area contributed by atoms with Crippen LogP contribution in [0.5, 0.6) is 0 Å². The Hall–Kier alpha value is -0.590. The Kier molecular flexibility index (Phi) is 3.39. The second-order valence-corrected chi connectivity index (χ2v) is 4.21. The van der Waals surface area contributed by atoms with Crippen LogP contribution in [0, 0.1) is 11.3 Å². The first kappa shape index (κ1) is 9.95. The molecule has 2 unspecified atom stereocenters. The van der Waals surface area contributed by atoms with Crippen LogP contribution in [-0.2, 0) is 4.74 Å². The maximum absolute atomic E-state index is 8.49. The number of unbranched alkanes of at least 4 members (excludes halogenated alkanes) is 1. The lowest BCUT2D eigenvalue weighted by Gasteiger charge is -2.37. The summed E-state index contributed by atoms with van der Waals surface area (Å²) in [6, 6.07) is 2.86. The Balaban J connectivity index is 1.81. The lowest BCUT2D eigenvalue weighted by molar-refractivity contribution is -0.0555. The van der Waals surface area contributed by atoms with Crippen LogP contribution in [0.3, 0.4) is 0 Å². The average molecular weight is 194 g/mol. The molecule has 1 aliphatic heterocycles. The van der Waals surface area contributed by atoms with Crippen LogP contribution in [0.15, 0.2) is 0 Å². The Morgan fingerprint density at radius 2 is 2.36 bits per heavy atom. The van der Waals surface area contributed by atoms with E-state index in [2.05, 4.69) is 11.0 Å². The molecule has 1 aliphatic carbocycles. The van der Waals surface area contributed by atoms with E-state index in [0.717, 1.165) is 26.1 Å². The second-order valence-electron chi connectivity index (χ2n) is 4.21. The van der Waals surface area contributed by atoms with Gasteiger partial charge >= 0.3 is 0 Å². The van der Waals surface area contributed by atoms with Crippen molar-refractivity contribution in [3.8, 4) is 6.07 Å². The van der Waals surface area contributed by atoms with Crippen LogP contribution in [0.1, 0.15) is 32.1 Å². The van der Waals surface area contributed by atoms with Gasteiger partial charge in [-0.3, -0.25) is 4.90 Å². The van der Waals surface area contributed by atoms with Crippen LogP contribution in [0.2, 0.25) is 0 Å². The van der Waals surface area contributed by atoms with Gasteiger partial charge < -0.3 is 4.74 Å². The van der Waals surface area contributed by atoms with Crippen molar-refractivity contribution in [3.05, 3.63) is 0 Å². The SMILES string of the molecule is N#CCCCN1CCOC2CCCC21. The highest BCUT2D eigenvalue weighted by Crippen LogP contribution is 2.29. The number of nitriles is 1. The normalized spacial score (nSPS) is 32.5. The summed E-state index contributed by atoms with van der Waals surface area (Å²) >= 11 is 0.